The first-order chi connectivity index (χ1) is 7.68. The molecule has 17 heavy (non-hydrogen) atoms. The van der Waals surface area contributed by atoms with Crippen LogP contribution in [0.5, 0.6) is 0 Å². The Morgan fingerprint density at radius 2 is 1.65 bits per heavy atom. The molecule has 0 aliphatic heterocycles. The summed E-state index contributed by atoms with van der Waals surface area (Å²) >= 11 is 0. The van der Waals surface area contributed by atoms with Crippen molar-refractivity contribution in [3.05, 3.63) is 24.0 Å². The number of hydrogen-bond donors (Lipinski definition) is 0. The van der Waals surface area contributed by atoms with E-state index in [1.54, 1.807) is 0 Å². The summed E-state index contributed by atoms with van der Waals surface area (Å²) in [5.74, 6) is 0. The Morgan fingerprint density at radius 1 is 1.00 bits per heavy atom. The highest BCUT2D eigenvalue weighted by atomic mass is 15.3. The van der Waals surface area contributed by atoms with Crippen molar-refractivity contribution < 1.29 is 0 Å². The predicted octanol–water partition coefficient (Wildman–Crippen LogP) is 3.48. The summed E-state index contributed by atoms with van der Waals surface area (Å²) in [6, 6.07) is 4.20. The molecule has 2 aromatic rings. The van der Waals surface area contributed by atoms with Gasteiger partial charge in [0.05, 0.1) is 5.54 Å². The van der Waals surface area contributed by atoms with Gasteiger partial charge in [-0.25, -0.2) is 4.98 Å². The van der Waals surface area contributed by atoms with Crippen molar-refractivity contribution in [1.82, 2.24) is 14.8 Å². The number of pyridine rings is 1. The van der Waals surface area contributed by atoms with Crippen LogP contribution in [-0.4, -0.2) is 14.8 Å². The fourth-order valence-corrected chi connectivity index (χ4v) is 1.66. The zero-order chi connectivity index (χ0) is 12.8. The zero-order valence-electron chi connectivity index (χ0n) is 11.6. The number of aromatic nitrogens is 3. The minimum Gasteiger partial charge on any atom is -0.265 e. The SMILES string of the molecule is CC(C)(C)c1ccc2cn(C(C)(C)C)nc2n1. The van der Waals surface area contributed by atoms with Crippen molar-refractivity contribution in [2.75, 3.05) is 0 Å². The van der Waals surface area contributed by atoms with Crippen LogP contribution in [-0.2, 0) is 11.0 Å². The average Bonchev–Trinajstić information content (AvgIpc) is 2.57. The quantitative estimate of drug-likeness (QED) is 0.695. The molecule has 0 aliphatic rings. The molecule has 0 radical (unpaired) electrons. The normalized spacial score (nSPS) is 13.3. The molecular formula is C14H21N3. The highest BCUT2D eigenvalue weighted by Gasteiger charge is 2.19. The Labute approximate surface area is 103 Å². The summed E-state index contributed by atoms with van der Waals surface area (Å²) in [4.78, 5) is 4.65. The van der Waals surface area contributed by atoms with Gasteiger partial charge in [0.1, 0.15) is 0 Å². The van der Waals surface area contributed by atoms with Crippen molar-refractivity contribution in [1.29, 1.82) is 0 Å². The first-order valence-corrected chi connectivity index (χ1v) is 6.05. The van der Waals surface area contributed by atoms with Crippen molar-refractivity contribution >= 4 is 11.0 Å². The first-order valence-electron chi connectivity index (χ1n) is 6.05. The first kappa shape index (κ1) is 12.1. The van der Waals surface area contributed by atoms with Gasteiger partial charge < -0.3 is 0 Å². The lowest BCUT2D eigenvalue weighted by Gasteiger charge is -2.18. The molecule has 2 heterocycles. The van der Waals surface area contributed by atoms with E-state index in [-0.39, 0.29) is 11.0 Å². The molecule has 2 aromatic heterocycles. The monoisotopic (exact) mass is 231 g/mol. The number of nitrogens with zero attached hydrogens (tertiary/aromatic N) is 3. The number of fused-ring (bicyclic) bond motifs is 1. The summed E-state index contributed by atoms with van der Waals surface area (Å²) in [5.41, 5.74) is 2.00. The molecule has 0 N–H and O–H groups in total. The lowest BCUT2D eigenvalue weighted by atomic mass is 9.91. The Morgan fingerprint density at radius 3 is 2.18 bits per heavy atom. The highest BCUT2D eigenvalue weighted by molar-refractivity contribution is 5.74. The van der Waals surface area contributed by atoms with E-state index in [0.717, 1.165) is 16.7 Å². The minimum atomic E-state index is 0.00258. The van der Waals surface area contributed by atoms with Gasteiger partial charge in [-0.05, 0) is 32.9 Å². The van der Waals surface area contributed by atoms with Gasteiger partial charge in [0.2, 0.25) is 0 Å². The number of rotatable bonds is 0. The summed E-state index contributed by atoms with van der Waals surface area (Å²) in [7, 11) is 0. The minimum absolute atomic E-state index is 0.00258. The van der Waals surface area contributed by atoms with Gasteiger partial charge in [-0.1, -0.05) is 20.8 Å². The second-order valence-electron chi connectivity index (χ2n) is 6.60. The van der Waals surface area contributed by atoms with E-state index in [1.807, 2.05) is 4.68 Å². The van der Waals surface area contributed by atoms with Crippen LogP contribution >= 0.6 is 0 Å². The lowest BCUT2D eigenvalue weighted by Crippen LogP contribution is -2.22. The van der Waals surface area contributed by atoms with Crippen LogP contribution in [0.3, 0.4) is 0 Å². The highest BCUT2D eigenvalue weighted by Crippen LogP contribution is 2.23. The molecule has 0 atom stereocenters. The number of hydrogen-bond acceptors (Lipinski definition) is 2. The van der Waals surface area contributed by atoms with Crippen LogP contribution in [0, 0.1) is 0 Å². The predicted molar refractivity (Wildman–Crippen MR) is 71.2 cm³/mol. The lowest BCUT2D eigenvalue weighted by molar-refractivity contribution is 0.358. The molecule has 0 aliphatic carbocycles. The second-order valence-corrected chi connectivity index (χ2v) is 6.60. The topological polar surface area (TPSA) is 30.7 Å². The summed E-state index contributed by atoms with van der Waals surface area (Å²) in [5, 5.41) is 5.67. The maximum Gasteiger partial charge on any atom is 0.181 e. The van der Waals surface area contributed by atoms with E-state index in [4.69, 9.17) is 0 Å². The van der Waals surface area contributed by atoms with E-state index < -0.39 is 0 Å². The maximum atomic E-state index is 4.65. The van der Waals surface area contributed by atoms with Crippen LogP contribution in [0.4, 0.5) is 0 Å². The molecule has 0 unspecified atom stereocenters. The van der Waals surface area contributed by atoms with E-state index in [1.165, 1.54) is 0 Å². The largest absolute Gasteiger partial charge is 0.265 e. The summed E-state index contributed by atoms with van der Waals surface area (Å²) < 4.78 is 1.98. The van der Waals surface area contributed by atoms with Gasteiger partial charge in [0, 0.05) is 22.7 Å². The van der Waals surface area contributed by atoms with Gasteiger partial charge in [-0.2, -0.15) is 5.10 Å². The third-order valence-corrected chi connectivity index (χ3v) is 2.82. The van der Waals surface area contributed by atoms with Gasteiger partial charge in [0.15, 0.2) is 5.65 Å². The van der Waals surface area contributed by atoms with Crippen LogP contribution in [0.2, 0.25) is 0 Å². The van der Waals surface area contributed by atoms with Crippen LogP contribution < -0.4 is 0 Å². The molecule has 0 spiro atoms. The molecule has 2 rings (SSSR count). The van der Waals surface area contributed by atoms with Crippen molar-refractivity contribution in [3.8, 4) is 0 Å². The Bertz CT molecular complexity index is 527. The standard InChI is InChI=1S/C14H21N3/c1-13(2,3)11-8-7-10-9-17(14(4,5)6)16-12(10)15-11/h7-9H,1-6H3. The summed E-state index contributed by atoms with van der Waals surface area (Å²) in [6.45, 7) is 12.9. The average molecular weight is 231 g/mol. The van der Waals surface area contributed by atoms with E-state index in [9.17, 15) is 0 Å². The molecule has 0 fully saturated rings. The summed E-state index contributed by atoms with van der Waals surface area (Å²) in [6.07, 6.45) is 2.06. The van der Waals surface area contributed by atoms with E-state index >= 15 is 0 Å². The van der Waals surface area contributed by atoms with E-state index in [0.29, 0.717) is 0 Å². The van der Waals surface area contributed by atoms with Crippen LogP contribution in [0.15, 0.2) is 18.3 Å². The fourth-order valence-electron chi connectivity index (χ4n) is 1.66. The van der Waals surface area contributed by atoms with Gasteiger partial charge in [-0.15, -0.1) is 0 Å². The molecule has 0 aromatic carbocycles. The zero-order valence-corrected chi connectivity index (χ0v) is 11.6. The van der Waals surface area contributed by atoms with E-state index in [2.05, 4.69) is 70.0 Å². The molecule has 3 heteroatoms. The molecule has 92 valence electrons. The third-order valence-electron chi connectivity index (χ3n) is 2.82. The van der Waals surface area contributed by atoms with Crippen molar-refractivity contribution in [2.24, 2.45) is 0 Å². The Kier molecular flexibility index (Phi) is 2.53. The van der Waals surface area contributed by atoms with Crippen molar-refractivity contribution in [3.63, 3.8) is 0 Å². The third kappa shape index (κ3) is 2.33. The van der Waals surface area contributed by atoms with Crippen molar-refractivity contribution in [2.45, 2.75) is 52.5 Å². The van der Waals surface area contributed by atoms with Gasteiger partial charge >= 0.3 is 0 Å². The van der Waals surface area contributed by atoms with Gasteiger partial charge in [0.25, 0.3) is 0 Å². The molecule has 0 bridgehead atoms. The van der Waals surface area contributed by atoms with Crippen LogP contribution in [0.25, 0.3) is 11.0 Å². The molecule has 0 saturated carbocycles. The fraction of sp³-hybridized carbons (Fsp3) is 0.571. The van der Waals surface area contributed by atoms with Gasteiger partial charge in [-0.3, -0.25) is 4.68 Å². The smallest absolute Gasteiger partial charge is 0.181 e. The molecule has 3 nitrogen and oxygen atoms in total. The van der Waals surface area contributed by atoms with Crippen LogP contribution in [0.1, 0.15) is 47.2 Å². The maximum absolute atomic E-state index is 4.65. The molecule has 0 saturated heterocycles. The molecule has 0 amide bonds. The molecular weight excluding hydrogens is 210 g/mol. The second kappa shape index (κ2) is 3.56. The Balaban J connectivity index is 2.56. The Hall–Kier alpha value is -1.38.